The summed E-state index contributed by atoms with van der Waals surface area (Å²) in [7, 11) is 3.21. The number of hydrogen-bond acceptors (Lipinski definition) is 6. The van der Waals surface area contributed by atoms with E-state index in [1.165, 1.54) is 0 Å². The molecule has 3 heterocycles. The van der Waals surface area contributed by atoms with Crippen molar-refractivity contribution in [2.45, 2.75) is 13.3 Å². The molecule has 6 heteroatoms. The Hall–Kier alpha value is -3.41. The Labute approximate surface area is 156 Å². The van der Waals surface area contributed by atoms with Gasteiger partial charge in [0.2, 0.25) is 0 Å². The zero-order valence-electron chi connectivity index (χ0n) is 15.4. The van der Waals surface area contributed by atoms with Crippen LogP contribution in [0.3, 0.4) is 0 Å². The number of fused-ring (bicyclic) bond motifs is 2. The summed E-state index contributed by atoms with van der Waals surface area (Å²) in [5.41, 5.74) is 2.33. The molecule has 0 aliphatic rings. The van der Waals surface area contributed by atoms with Gasteiger partial charge in [-0.2, -0.15) is 0 Å². The maximum Gasteiger partial charge on any atom is 0.162 e. The molecule has 4 rings (SSSR count). The number of aromatic nitrogens is 3. The molecule has 0 saturated heterocycles. The summed E-state index contributed by atoms with van der Waals surface area (Å²) in [5.74, 6) is 2.64. The first-order valence-corrected chi connectivity index (χ1v) is 8.66. The Morgan fingerprint density at radius 3 is 2.44 bits per heavy atom. The van der Waals surface area contributed by atoms with Gasteiger partial charge in [-0.15, -0.1) is 0 Å². The van der Waals surface area contributed by atoms with Crippen LogP contribution in [0.15, 0.2) is 48.8 Å². The van der Waals surface area contributed by atoms with Gasteiger partial charge in [-0.3, -0.25) is 4.98 Å². The van der Waals surface area contributed by atoms with E-state index in [0.29, 0.717) is 28.6 Å². The highest BCUT2D eigenvalue weighted by molar-refractivity contribution is 5.88. The molecule has 0 bridgehead atoms. The van der Waals surface area contributed by atoms with Crippen molar-refractivity contribution in [2.24, 2.45) is 0 Å². The maximum atomic E-state index is 6.27. The predicted octanol–water partition coefficient (Wildman–Crippen LogP) is 4.55. The van der Waals surface area contributed by atoms with E-state index < -0.39 is 0 Å². The van der Waals surface area contributed by atoms with Crippen molar-refractivity contribution in [3.63, 3.8) is 0 Å². The van der Waals surface area contributed by atoms with Crippen LogP contribution < -0.4 is 14.2 Å². The van der Waals surface area contributed by atoms with Crippen molar-refractivity contribution in [3.8, 4) is 23.0 Å². The molecule has 1 aromatic carbocycles. The van der Waals surface area contributed by atoms with Gasteiger partial charge in [0.25, 0.3) is 0 Å². The van der Waals surface area contributed by atoms with E-state index in [1.54, 1.807) is 26.6 Å². The molecule has 0 N–H and O–H groups in total. The molecule has 0 fully saturated rings. The van der Waals surface area contributed by atoms with Crippen molar-refractivity contribution < 1.29 is 14.2 Å². The van der Waals surface area contributed by atoms with Crippen LogP contribution >= 0.6 is 0 Å². The fourth-order valence-corrected chi connectivity index (χ4v) is 3.02. The summed E-state index contributed by atoms with van der Waals surface area (Å²) in [4.78, 5) is 13.4. The topological polar surface area (TPSA) is 66.4 Å². The van der Waals surface area contributed by atoms with Crippen LogP contribution in [-0.4, -0.2) is 29.2 Å². The molecule has 0 atom stereocenters. The predicted molar refractivity (Wildman–Crippen MR) is 104 cm³/mol. The molecule has 0 aliphatic carbocycles. The van der Waals surface area contributed by atoms with Gasteiger partial charge < -0.3 is 14.2 Å². The first kappa shape index (κ1) is 17.0. The van der Waals surface area contributed by atoms with Crippen molar-refractivity contribution in [1.82, 2.24) is 15.0 Å². The molecule has 0 unspecified atom stereocenters. The number of aryl methyl sites for hydroxylation is 1. The average Bonchev–Trinajstić information content (AvgIpc) is 2.72. The minimum atomic E-state index is 0.624. The van der Waals surface area contributed by atoms with E-state index in [1.807, 2.05) is 43.3 Å². The highest BCUT2D eigenvalue weighted by Crippen LogP contribution is 2.37. The van der Waals surface area contributed by atoms with Crippen LogP contribution in [0, 0.1) is 0 Å². The third kappa shape index (κ3) is 3.10. The lowest BCUT2D eigenvalue weighted by molar-refractivity contribution is 0.355. The summed E-state index contributed by atoms with van der Waals surface area (Å²) in [5, 5.41) is 1.77. The zero-order valence-corrected chi connectivity index (χ0v) is 15.4. The first-order valence-electron chi connectivity index (χ1n) is 8.66. The van der Waals surface area contributed by atoms with Crippen LogP contribution in [0.4, 0.5) is 0 Å². The lowest BCUT2D eigenvalue weighted by Crippen LogP contribution is -1.97. The van der Waals surface area contributed by atoms with E-state index in [0.717, 1.165) is 28.4 Å². The normalized spacial score (nSPS) is 10.9. The summed E-state index contributed by atoms with van der Waals surface area (Å²) in [6, 6.07) is 11.4. The fourth-order valence-electron chi connectivity index (χ4n) is 3.02. The van der Waals surface area contributed by atoms with Gasteiger partial charge in [0, 0.05) is 29.2 Å². The van der Waals surface area contributed by atoms with Gasteiger partial charge in [0.05, 0.1) is 25.4 Å². The Morgan fingerprint density at radius 2 is 1.67 bits per heavy atom. The Bertz CT molecular complexity index is 1130. The van der Waals surface area contributed by atoms with Crippen LogP contribution in [0.25, 0.3) is 21.9 Å². The smallest absolute Gasteiger partial charge is 0.162 e. The maximum absolute atomic E-state index is 6.27. The third-order valence-electron chi connectivity index (χ3n) is 4.39. The Balaban J connectivity index is 1.85. The molecular formula is C21H19N3O3. The van der Waals surface area contributed by atoms with Crippen LogP contribution in [0.5, 0.6) is 23.0 Å². The van der Waals surface area contributed by atoms with E-state index >= 15 is 0 Å². The number of benzene rings is 1. The molecule has 0 radical (unpaired) electrons. The quantitative estimate of drug-likeness (QED) is 0.519. The van der Waals surface area contributed by atoms with E-state index in [9.17, 15) is 0 Å². The molecule has 0 aliphatic heterocycles. The molecule has 27 heavy (non-hydrogen) atoms. The molecule has 3 aromatic heterocycles. The number of rotatable bonds is 5. The van der Waals surface area contributed by atoms with E-state index in [4.69, 9.17) is 14.2 Å². The van der Waals surface area contributed by atoms with Crippen molar-refractivity contribution >= 4 is 21.9 Å². The van der Waals surface area contributed by atoms with Gasteiger partial charge in [0.15, 0.2) is 17.1 Å². The third-order valence-corrected chi connectivity index (χ3v) is 4.39. The first-order chi connectivity index (χ1) is 13.2. The lowest BCUT2D eigenvalue weighted by atomic mass is 10.1. The molecular weight excluding hydrogens is 342 g/mol. The summed E-state index contributed by atoms with van der Waals surface area (Å²) in [6.45, 7) is 2.04. The summed E-state index contributed by atoms with van der Waals surface area (Å²) in [6.07, 6.45) is 4.19. The van der Waals surface area contributed by atoms with E-state index in [-0.39, 0.29) is 0 Å². The van der Waals surface area contributed by atoms with Crippen LogP contribution in [0.2, 0.25) is 0 Å². The molecule has 4 aromatic rings. The van der Waals surface area contributed by atoms with Gasteiger partial charge in [0.1, 0.15) is 11.5 Å². The minimum Gasteiger partial charge on any atom is -0.493 e. The molecule has 6 nitrogen and oxygen atoms in total. The molecule has 0 spiro atoms. The van der Waals surface area contributed by atoms with Crippen LogP contribution in [0.1, 0.15) is 12.6 Å². The monoisotopic (exact) mass is 361 g/mol. The van der Waals surface area contributed by atoms with Crippen molar-refractivity contribution in [1.29, 1.82) is 0 Å². The van der Waals surface area contributed by atoms with Gasteiger partial charge in [-0.05, 0) is 36.8 Å². The highest BCUT2D eigenvalue weighted by Gasteiger charge is 2.14. The standard InChI is InChI=1S/C21H19N3O3/c1-4-15-18(10-13-6-5-8-23-21(13)24-15)27-17-7-9-22-16-12-20(26-3)19(25-2)11-14(16)17/h5-12H,4H2,1-3H3. The number of methoxy groups -OCH3 is 2. The number of pyridine rings is 3. The second kappa shape index (κ2) is 7.07. The molecule has 0 saturated carbocycles. The Kier molecular flexibility index (Phi) is 4.46. The lowest BCUT2D eigenvalue weighted by Gasteiger charge is -2.14. The summed E-state index contributed by atoms with van der Waals surface area (Å²) < 4.78 is 17.1. The Morgan fingerprint density at radius 1 is 0.852 bits per heavy atom. The molecule has 0 amide bonds. The van der Waals surface area contributed by atoms with Gasteiger partial charge >= 0.3 is 0 Å². The van der Waals surface area contributed by atoms with Crippen molar-refractivity contribution in [2.75, 3.05) is 14.2 Å². The van der Waals surface area contributed by atoms with Gasteiger partial charge in [-0.1, -0.05) is 6.92 Å². The largest absolute Gasteiger partial charge is 0.493 e. The second-order valence-corrected chi connectivity index (χ2v) is 5.97. The average molecular weight is 361 g/mol. The van der Waals surface area contributed by atoms with Gasteiger partial charge in [-0.25, -0.2) is 9.97 Å². The second-order valence-electron chi connectivity index (χ2n) is 5.97. The van der Waals surface area contributed by atoms with Crippen molar-refractivity contribution in [3.05, 3.63) is 54.5 Å². The van der Waals surface area contributed by atoms with Crippen LogP contribution in [-0.2, 0) is 6.42 Å². The zero-order chi connectivity index (χ0) is 18.8. The van der Waals surface area contributed by atoms with E-state index in [2.05, 4.69) is 15.0 Å². The highest BCUT2D eigenvalue weighted by atomic mass is 16.5. The number of ether oxygens (including phenoxy) is 3. The SMILES string of the molecule is CCc1nc2ncccc2cc1Oc1ccnc2cc(OC)c(OC)cc12. The fraction of sp³-hybridized carbons (Fsp3) is 0.190. The minimum absolute atomic E-state index is 0.624. The molecule has 136 valence electrons. The number of hydrogen-bond donors (Lipinski definition) is 0. The number of nitrogens with zero attached hydrogens (tertiary/aromatic N) is 3. The summed E-state index contributed by atoms with van der Waals surface area (Å²) >= 11 is 0.